The first-order valence-corrected chi connectivity index (χ1v) is 7.47. The number of imide groups is 1. The second-order valence-corrected chi connectivity index (χ2v) is 6.39. The Kier molecular flexibility index (Phi) is 2.73. The van der Waals surface area contributed by atoms with E-state index in [0.29, 0.717) is 0 Å². The summed E-state index contributed by atoms with van der Waals surface area (Å²) in [6.07, 6.45) is 5.95. The van der Waals surface area contributed by atoms with Crippen LogP contribution in [-0.4, -0.2) is 11.8 Å². The molecule has 2 fully saturated rings. The molecule has 4 aliphatic rings. The number of allylic oxidation sites excluding steroid dienone is 2. The number of hydrogen-bond donors (Lipinski definition) is 0. The van der Waals surface area contributed by atoms with Crippen molar-refractivity contribution >= 4 is 29.1 Å². The Morgan fingerprint density at radius 1 is 1.05 bits per heavy atom. The molecule has 1 aliphatic heterocycles. The van der Waals surface area contributed by atoms with Crippen molar-refractivity contribution in [1.82, 2.24) is 0 Å². The van der Waals surface area contributed by atoms with E-state index < -0.39 is 5.82 Å². The van der Waals surface area contributed by atoms with Crippen LogP contribution in [0.4, 0.5) is 10.1 Å². The molecule has 108 valence electrons. The van der Waals surface area contributed by atoms with Gasteiger partial charge in [-0.1, -0.05) is 23.8 Å². The quantitative estimate of drug-likeness (QED) is 0.590. The van der Waals surface area contributed by atoms with Gasteiger partial charge in [0.25, 0.3) is 0 Å². The largest absolute Gasteiger partial charge is 0.274 e. The van der Waals surface area contributed by atoms with Gasteiger partial charge in [-0.2, -0.15) is 0 Å². The van der Waals surface area contributed by atoms with E-state index in [0.717, 1.165) is 23.8 Å². The summed E-state index contributed by atoms with van der Waals surface area (Å²) < 4.78 is 14.1. The summed E-state index contributed by atoms with van der Waals surface area (Å²) in [6, 6.07) is 4.03. The summed E-state index contributed by atoms with van der Waals surface area (Å²) >= 11 is 5.74. The molecule has 21 heavy (non-hydrogen) atoms. The number of rotatable bonds is 1. The zero-order valence-corrected chi connectivity index (χ0v) is 11.9. The van der Waals surface area contributed by atoms with E-state index in [2.05, 4.69) is 0 Å². The predicted molar refractivity (Wildman–Crippen MR) is 76.2 cm³/mol. The molecule has 2 amide bonds. The first-order chi connectivity index (χ1) is 10.1. The van der Waals surface area contributed by atoms with E-state index in [1.165, 1.54) is 12.1 Å². The first kappa shape index (κ1) is 13.0. The fourth-order valence-corrected chi connectivity index (χ4v) is 4.13. The molecular weight excluding hydrogens is 293 g/mol. The van der Waals surface area contributed by atoms with Crippen molar-refractivity contribution in [3.8, 4) is 0 Å². The molecule has 3 nitrogen and oxygen atoms in total. The van der Waals surface area contributed by atoms with E-state index in [4.69, 9.17) is 11.6 Å². The van der Waals surface area contributed by atoms with E-state index in [9.17, 15) is 14.0 Å². The maximum absolute atomic E-state index is 14.1. The van der Waals surface area contributed by atoms with Gasteiger partial charge in [0.15, 0.2) is 0 Å². The first-order valence-electron chi connectivity index (χ1n) is 7.09. The van der Waals surface area contributed by atoms with Crippen molar-refractivity contribution < 1.29 is 14.0 Å². The summed E-state index contributed by atoms with van der Waals surface area (Å²) in [5, 5.41) is 0.245. The number of carbonyl (C=O) groups is 2. The fraction of sp³-hybridized carbons (Fsp3) is 0.375. The Balaban J connectivity index is 1.78. The molecular formula is C16H13ClFNO2. The molecule has 0 radical (unpaired) electrons. The van der Waals surface area contributed by atoms with Gasteiger partial charge in [0.1, 0.15) is 5.82 Å². The number of halogens is 2. The van der Waals surface area contributed by atoms with Crippen LogP contribution >= 0.6 is 11.6 Å². The Hall–Kier alpha value is -1.68. The highest BCUT2D eigenvalue weighted by Gasteiger charge is 2.57. The number of amides is 2. The van der Waals surface area contributed by atoms with Gasteiger partial charge >= 0.3 is 0 Å². The third-order valence-corrected chi connectivity index (χ3v) is 5.15. The van der Waals surface area contributed by atoms with Crippen molar-refractivity contribution in [3.63, 3.8) is 0 Å². The summed E-state index contributed by atoms with van der Waals surface area (Å²) in [6.45, 7) is 0. The minimum absolute atomic E-state index is 0.0169. The fourth-order valence-electron chi connectivity index (χ4n) is 3.97. The number of benzene rings is 1. The average molecular weight is 306 g/mol. The van der Waals surface area contributed by atoms with Gasteiger partial charge in [0, 0.05) is 5.02 Å². The van der Waals surface area contributed by atoms with E-state index >= 15 is 0 Å². The number of nitrogens with zero attached hydrogens (tertiary/aromatic N) is 1. The summed E-state index contributed by atoms with van der Waals surface area (Å²) in [5.74, 6) is -1.61. The van der Waals surface area contributed by atoms with Crippen LogP contribution in [0, 0.1) is 29.5 Å². The van der Waals surface area contributed by atoms with Crippen LogP contribution in [0.5, 0.6) is 0 Å². The highest BCUT2D eigenvalue weighted by Crippen LogP contribution is 2.50. The van der Waals surface area contributed by atoms with E-state index in [1.54, 1.807) is 0 Å². The van der Waals surface area contributed by atoms with E-state index in [-0.39, 0.29) is 46.2 Å². The van der Waals surface area contributed by atoms with Crippen LogP contribution in [0.25, 0.3) is 0 Å². The van der Waals surface area contributed by atoms with Crippen molar-refractivity contribution in [2.24, 2.45) is 23.7 Å². The van der Waals surface area contributed by atoms with Gasteiger partial charge in [0.05, 0.1) is 17.5 Å². The van der Waals surface area contributed by atoms with Gasteiger partial charge in [-0.05, 0) is 42.9 Å². The van der Waals surface area contributed by atoms with Gasteiger partial charge in [0.2, 0.25) is 11.8 Å². The molecule has 0 spiro atoms. The molecule has 5 rings (SSSR count). The average Bonchev–Trinajstić information content (AvgIpc) is 2.75. The standard InChI is InChI=1S/C16H13ClFNO2/c17-10-5-6-12(11(18)7-10)19-15(20)13-8-1-2-9(4-3-8)14(13)16(19)21/h1-2,5-9,13-14H,3-4H2/t8-,9-,13-,14-/m0/s1. The number of hydrogen-bond acceptors (Lipinski definition) is 2. The van der Waals surface area contributed by atoms with Crippen LogP contribution in [0.2, 0.25) is 5.02 Å². The van der Waals surface area contributed by atoms with Crippen molar-refractivity contribution in [2.45, 2.75) is 12.8 Å². The Morgan fingerprint density at radius 2 is 1.62 bits per heavy atom. The van der Waals surface area contributed by atoms with Gasteiger partial charge < -0.3 is 0 Å². The van der Waals surface area contributed by atoms with Crippen LogP contribution < -0.4 is 4.90 Å². The van der Waals surface area contributed by atoms with Gasteiger partial charge in [-0.3, -0.25) is 9.59 Å². The van der Waals surface area contributed by atoms with Crippen molar-refractivity contribution in [3.05, 3.63) is 41.2 Å². The molecule has 1 heterocycles. The SMILES string of the molecule is O=C1[C@@H]2[C@@H](C(=O)N1c1ccc(Cl)cc1F)[C@H]1C=C[C@H]2CC1. The second kappa shape index (κ2) is 4.41. The molecule has 0 aromatic heterocycles. The predicted octanol–water partition coefficient (Wildman–Crippen LogP) is 3.18. The molecule has 2 bridgehead atoms. The molecule has 3 aliphatic carbocycles. The maximum Gasteiger partial charge on any atom is 0.238 e. The molecule has 0 unspecified atom stereocenters. The molecule has 4 atom stereocenters. The lowest BCUT2D eigenvalue weighted by Gasteiger charge is -2.38. The molecule has 1 saturated heterocycles. The minimum Gasteiger partial charge on any atom is -0.274 e. The molecule has 1 aromatic carbocycles. The van der Waals surface area contributed by atoms with Crippen LogP contribution in [0.15, 0.2) is 30.4 Å². The summed E-state index contributed by atoms with van der Waals surface area (Å²) in [7, 11) is 0. The van der Waals surface area contributed by atoms with Crippen LogP contribution in [-0.2, 0) is 9.59 Å². The van der Waals surface area contributed by atoms with E-state index in [1.807, 2.05) is 12.2 Å². The minimum atomic E-state index is -0.636. The molecule has 1 saturated carbocycles. The lowest BCUT2D eigenvalue weighted by molar-refractivity contribution is -0.124. The third kappa shape index (κ3) is 1.72. The Bertz CT molecular complexity index is 655. The second-order valence-electron chi connectivity index (χ2n) is 5.95. The zero-order chi connectivity index (χ0) is 14.7. The van der Waals surface area contributed by atoms with Gasteiger partial charge in [-0.25, -0.2) is 9.29 Å². The highest BCUT2D eigenvalue weighted by molar-refractivity contribution is 6.31. The monoisotopic (exact) mass is 305 g/mol. The molecule has 5 heteroatoms. The van der Waals surface area contributed by atoms with Crippen molar-refractivity contribution in [1.29, 1.82) is 0 Å². The number of carbonyl (C=O) groups excluding carboxylic acids is 2. The summed E-state index contributed by atoms with van der Waals surface area (Å²) in [5.41, 5.74) is 0.0169. The Labute approximate surface area is 126 Å². The lowest BCUT2D eigenvalue weighted by Crippen LogP contribution is -2.38. The van der Waals surface area contributed by atoms with Crippen molar-refractivity contribution in [2.75, 3.05) is 4.90 Å². The van der Waals surface area contributed by atoms with Gasteiger partial charge in [-0.15, -0.1) is 0 Å². The number of fused-ring (bicyclic) bond motifs is 1. The summed E-state index contributed by atoms with van der Waals surface area (Å²) in [4.78, 5) is 26.3. The Morgan fingerprint density at radius 3 is 2.10 bits per heavy atom. The topological polar surface area (TPSA) is 37.4 Å². The molecule has 1 aromatic rings. The maximum atomic E-state index is 14.1. The number of anilines is 1. The normalized spacial score (nSPS) is 33.7. The highest BCUT2D eigenvalue weighted by atomic mass is 35.5. The van der Waals surface area contributed by atoms with Crippen LogP contribution in [0.3, 0.4) is 0 Å². The zero-order valence-electron chi connectivity index (χ0n) is 11.1. The third-order valence-electron chi connectivity index (χ3n) is 4.91. The molecule has 0 N–H and O–H groups in total. The lowest BCUT2D eigenvalue weighted by atomic mass is 9.63. The smallest absolute Gasteiger partial charge is 0.238 e. The van der Waals surface area contributed by atoms with Crippen LogP contribution in [0.1, 0.15) is 12.8 Å².